The lowest BCUT2D eigenvalue weighted by Gasteiger charge is -2.33. The third-order valence-corrected chi connectivity index (χ3v) is 6.82. The summed E-state index contributed by atoms with van der Waals surface area (Å²) in [4.78, 5) is 13.5. The first-order chi connectivity index (χ1) is 17.7. The van der Waals surface area contributed by atoms with Crippen LogP contribution in [-0.4, -0.2) is 50.3 Å². The molecular formula is C26H27N9O. The number of rotatable bonds is 6. The van der Waals surface area contributed by atoms with Crippen molar-refractivity contribution in [1.29, 1.82) is 5.26 Å². The number of hydrogen-bond acceptors (Lipinski definition) is 9. The minimum absolute atomic E-state index is 0.264. The number of nitrogens with one attached hydrogen (secondary N) is 1. The highest BCUT2D eigenvalue weighted by molar-refractivity contribution is 5.77. The summed E-state index contributed by atoms with van der Waals surface area (Å²) in [7, 11) is 0. The highest BCUT2D eigenvalue weighted by Crippen LogP contribution is 2.33. The van der Waals surface area contributed by atoms with E-state index in [2.05, 4.69) is 36.3 Å². The number of nitrogen functional groups attached to an aromatic ring is 1. The number of nitrogens with zero attached hydrogens (tertiary/aromatic N) is 7. The largest absolute Gasteiger partial charge is 0.457 e. The van der Waals surface area contributed by atoms with Crippen LogP contribution in [0.5, 0.6) is 11.5 Å². The molecule has 4 aromatic rings. The van der Waals surface area contributed by atoms with Gasteiger partial charge in [-0.25, -0.2) is 0 Å². The Hall–Kier alpha value is -4.36. The van der Waals surface area contributed by atoms with Gasteiger partial charge in [0.15, 0.2) is 5.82 Å². The molecule has 3 aromatic heterocycles. The van der Waals surface area contributed by atoms with Crippen LogP contribution in [0.2, 0.25) is 0 Å². The Labute approximate surface area is 208 Å². The maximum Gasteiger partial charge on any atom is 0.223 e. The zero-order valence-corrected chi connectivity index (χ0v) is 19.8. The molecule has 0 saturated carbocycles. The maximum atomic E-state index is 10.0. The first kappa shape index (κ1) is 22.1. The van der Waals surface area contributed by atoms with Gasteiger partial charge in [-0.1, -0.05) is 0 Å². The van der Waals surface area contributed by atoms with E-state index in [0.29, 0.717) is 34.6 Å². The molecule has 10 nitrogen and oxygen atoms in total. The Morgan fingerprint density at radius 3 is 2.50 bits per heavy atom. The second kappa shape index (κ2) is 9.36. The molecule has 10 heteroatoms. The number of nitrogens with two attached hydrogens (primary N) is 1. The summed E-state index contributed by atoms with van der Waals surface area (Å²) in [6.45, 7) is 3.17. The fourth-order valence-electron chi connectivity index (χ4n) is 5.12. The van der Waals surface area contributed by atoms with Gasteiger partial charge in [0, 0.05) is 43.8 Å². The Kier molecular flexibility index (Phi) is 5.75. The van der Waals surface area contributed by atoms with Crippen molar-refractivity contribution >= 4 is 28.8 Å². The number of nitriles is 1. The third-order valence-electron chi connectivity index (χ3n) is 6.82. The summed E-state index contributed by atoms with van der Waals surface area (Å²) in [5.74, 6) is 2.90. The predicted octanol–water partition coefficient (Wildman–Crippen LogP) is 4.14. The van der Waals surface area contributed by atoms with Crippen molar-refractivity contribution in [2.24, 2.45) is 0 Å². The van der Waals surface area contributed by atoms with Crippen molar-refractivity contribution in [3.05, 3.63) is 60.4 Å². The smallest absolute Gasteiger partial charge is 0.223 e. The number of fused-ring (bicyclic) bond motifs is 1. The Balaban J connectivity index is 1.27. The van der Waals surface area contributed by atoms with Crippen molar-refractivity contribution in [3.63, 3.8) is 0 Å². The van der Waals surface area contributed by atoms with E-state index in [9.17, 15) is 5.26 Å². The van der Waals surface area contributed by atoms with Crippen LogP contribution in [0.4, 0.5) is 23.3 Å². The molecule has 0 bridgehead atoms. The molecule has 1 atom stereocenters. The van der Waals surface area contributed by atoms with E-state index in [1.54, 1.807) is 24.5 Å². The Morgan fingerprint density at radius 1 is 1.00 bits per heavy atom. The summed E-state index contributed by atoms with van der Waals surface area (Å²) in [6, 6.07) is 15.3. The van der Waals surface area contributed by atoms with Gasteiger partial charge < -0.3 is 20.7 Å². The standard InChI is InChI=1S/C26H27N9O/c27-17-21-22-16-23(34-15-3-4-24(34)33-13-1-2-14-33)31-26(28)35(22)32-25(21)30-18-5-7-19(8-6-18)36-20-9-11-29-12-10-20/h5-12,16,24H,1-4,13-15H2,(H2,28,31)(H,30,32). The summed E-state index contributed by atoms with van der Waals surface area (Å²) in [6.07, 6.45) is 8.41. The molecule has 182 valence electrons. The molecule has 0 amide bonds. The molecule has 6 rings (SSSR count). The second-order valence-electron chi connectivity index (χ2n) is 9.10. The van der Waals surface area contributed by atoms with Crippen molar-refractivity contribution in [3.8, 4) is 17.6 Å². The Morgan fingerprint density at radius 2 is 1.75 bits per heavy atom. The molecule has 0 aliphatic carbocycles. The SMILES string of the molecule is N#Cc1c(Nc2ccc(Oc3ccncc3)cc2)nn2c(N)nc(N3CCCC3N3CCCC3)cc12. The molecular weight excluding hydrogens is 454 g/mol. The molecule has 2 saturated heterocycles. The fourth-order valence-corrected chi connectivity index (χ4v) is 5.12. The molecule has 0 spiro atoms. The first-order valence-corrected chi connectivity index (χ1v) is 12.2. The van der Waals surface area contributed by atoms with E-state index < -0.39 is 0 Å². The minimum atomic E-state index is 0.264. The van der Waals surface area contributed by atoms with Gasteiger partial charge in [-0.15, -0.1) is 5.10 Å². The van der Waals surface area contributed by atoms with E-state index >= 15 is 0 Å². The average molecular weight is 482 g/mol. The molecule has 5 heterocycles. The molecule has 2 aliphatic heterocycles. The molecule has 2 aliphatic rings. The van der Waals surface area contributed by atoms with Crippen molar-refractivity contribution in [1.82, 2.24) is 24.5 Å². The van der Waals surface area contributed by atoms with Crippen molar-refractivity contribution in [2.75, 3.05) is 35.6 Å². The van der Waals surface area contributed by atoms with Gasteiger partial charge in [-0.3, -0.25) is 9.88 Å². The van der Waals surface area contributed by atoms with Crippen LogP contribution < -0.4 is 20.7 Å². The molecule has 1 aromatic carbocycles. The molecule has 2 fully saturated rings. The lowest BCUT2D eigenvalue weighted by atomic mass is 10.2. The van der Waals surface area contributed by atoms with Gasteiger partial charge in [0.2, 0.25) is 5.95 Å². The topological polar surface area (TPSA) is 121 Å². The number of pyridine rings is 1. The van der Waals surface area contributed by atoms with Gasteiger partial charge in [0.1, 0.15) is 28.9 Å². The lowest BCUT2D eigenvalue weighted by molar-refractivity contribution is 0.248. The van der Waals surface area contributed by atoms with Crippen LogP contribution in [0, 0.1) is 11.3 Å². The van der Waals surface area contributed by atoms with Crippen molar-refractivity contribution < 1.29 is 4.74 Å². The fraction of sp³-hybridized carbons (Fsp3) is 0.308. The second-order valence-corrected chi connectivity index (χ2v) is 9.10. The number of likely N-dealkylation sites (tertiary alicyclic amines) is 1. The van der Waals surface area contributed by atoms with E-state index in [-0.39, 0.29) is 5.95 Å². The summed E-state index contributed by atoms with van der Waals surface area (Å²) in [5.41, 5.74) is 8.19. The quantitative estimate of drug-likeness (QED) is 0.418. The summed E-state index contributed by atoms with van der Waals surface area (Å²) in [5, 5.41) is 17.8. The Bertz CT molecular complexity index is 1410. The molecule has 3 N–H and O–H groups in total. The lowest BCUT2D eigenvalue weighted by Crippen LogP contribution is -2.43. The van der Waals surface area contributed by atoms with Gasteiger partial charge in [0.05, 0.1) is 11.7 Å². The maximum absolute atomic E-state index is 10.0. The highest BCUT2D eigenvalue weighted by atomic mass is 16.5. The number of benzene rings is 1. The van der Waals surface area contributed by atoms with E-state index in [4.69, 9.17) is 10.5 Å². The average Bonchev–Trinajstić information content (AvgIpc) is 3.65. The van der Waals surface area contributed by atoms with Crippen LogP contribution in [0.3, 0.4) is 0 Å². The highest BCUT2D eigenvalue weighted by Gasteiger charge is 2.33. The van der Waals surface area contributed by atoms with E-state index in [1.165, 1.54) is 17.4 Å². The number of aromatic nitrogens is 4. The first-order valence-electron chi connectivity index (χ1n) is 12.2. The zero-order chi connectivity index (χ0) is 24.5. The van der Waals surface area contributed by atoms with E-state index in [0.717, 1.165) is 44.0 Å². The van der Waals surface area contributed by atoms with Gasteiger partial charge in [0.25, 0.3) is 0 Å². The number of hydrogen-bond donors (Lipinski definition) is 2. The van der Waals surface area contributed by atoms with Crippen LogP contribution in [0.1, 0.15) is 31.2 Å². The summed E-state index contributed by atoms with van der Waals surface area (Å²) >= 11 is 0. The molecule has 36 heavy (non-hydrogen) atoms. The van der Waals surface area contributed by atoms with Crippen molar-refractivity contribution in [2.45, 2.75) is 31.8 Å². The third kappa shape index (κ3) is 4.14. The number of ether oxygens (including phenoxy) is 1. The summed E-state index contributed by atoms with van der Waals surface area (Å²) < 4.78 is 7.36. The molecule has 0 radical (unpaired) electrons. The van der Waals surface area contributed by atoms with Gasteiger partial charge >= 0.3 is 0 Å². The predicted molar refractivity (Wildman–Crippen MR) is 137 cm³/mol. The van der Waals surface area contributed by atoms with Gasteiger partial charge in [-0.05, 0) is 62.1 Å². The number of anilines is 4. The minimum Gasteiger partial charge on any atom is -0.457 e. The normalized spacial score (nSPS) is 18.0. The zero-order valence-electron chi connectivity index (χ0n) is 19.8. The van der Waals surface area contributed by atoms with Crippen LogP contribution in [-0.2, 0) is 0 Å². The van der Waals surface area contributed by atoms with Gasteiger partial charge in [-0.2, -0.15) is 14.8 Å². The monoisotopic (exact) mass is 481 g/mol. The molecule has 1 unspecified atom stereocenters. The van der Waals surface area contributed by atoms with Crippen LogP contribution in [0.25, 0.3) is 5.52 Å². The van der Waals surface area contributed by atoms with Crippen LogP contribution in [0.15, 0.2) is 54.9 Å². The van der Waals surface area contributed by atoms with E-state index in [1.807, 2.05) is 30.3 Å². The van der Waals surface area contributed by atoms with Crippen LogP contribution >= 0.6 is 0 Å².